The Labute approximate surface area is 171 Å². The van der Waals surface area contributed by atoms with Crippen LogP contribution in [0.4, 0.5) is 0 Å². The number of nitrogens with zero attached hydrogens (tertiary/aromatic N) is 2. The van der Waals surface area contributed by atoms with E-state index in [-0.39, 0.29) is 18.5 Å². The molecule has 0 atom stereocenters. The molecule has 0 spiro atoms. The van der Waals surface area contributed by atoms with Gasteiger partial charge >= 0.3 is 0 Å². The minimum absolute atomic E-state index is 0.160. The summed E-state index contributed by atoms with van der Waals surface area (Å²) in [6.07, 6.45) is 0.926. The Morgan fingerprint density at radius 2 is 1.97 bits per heavy atom. The molecule has 0 aliphatic rings. The molecule has 3 aromatic rings. The van der Waals surface area contributed by atoms with Crippen LogP contribution in [-0.4, -0.2) is 28.5 Å². The van der Waals surface area contributed by atoms with E-state index in [4.69, 9.17) is 16.2 Å². The number of aromatic nitrogens is 2. The van der Waals surface area contributed by atoms with Gasteiger partial charge in [-0.1, -0.05) is 18.2 Å². The zero-order chi connectivity index (χ0) is 21.1. The van der Waals surface area contributed by atoms with Crippen molar-refractivity contribution in [3.05, 3.63) is 56.4 Å². The predicted molar refractivity (Wildman–Crippen MR) is 111 cm³/mol. The van der Waals surface area contributed by atoms with E-state index in [1.165, 1.54) is 0 Å². The van der Waals surface area contributed by atoms with Gasteiger partial charge in [-0.3, -0.25) is 19.0 Å². The number of ether oxygens (including phenoxy) is 1. The van der Waals surface area contributed by atoms with E-state index < -0.39 is 11.8 Å². The fourth-order valence-corrected chi connectivity index (χ4v) is 4.33. The van der Waals surface area contributed by atoms with E-state index in [1.54, 1.807) is 18.6 Å². The molecule has 0 saturated carbocycles. The molecule has 0 fully saturated rings. The van der Waals surface area contributed by atoms with Crippen LogP contribution < -0.4 is 21.8 Å². The fraction of sp³-hybridized carbons (Fsp3) is 0.300. The molecule has 0 bridgehead atoms. The number of para-hydroxylation sites is 1. The van der Waals surface area contributed by atoms with Gasteiger partial charge < -0.3 is 16.2 Å². The highest BCUT2D eigenvalue weighted by Gasteiger charge is 2.21. The first kappa shape index (κ1) is 20.5. The molecule has 2 amide bonds. The third kappa shape index (κ3) is 4.14. The second kappa shape index (κ2) is 8.44. The molecular weight excluding hydrogens is 392 g/mol. The van der Waals surface area contributed by atoms with E-state index in [0.29, 0.717) is 45.1 Å². The molecule has 0 aliphatic heterocycles. The number of methoxy groups -OCH3 is 1. The Hall–Kier alpha value is -3.20. The van der Waals surface area contributed by atoms with Crippen LogP contribution in [0.1, 0.15) is 39.5 Å². The minimum Gasteiger partial charge on any atom is -0.496 e. The number of amides is 2. The first-order valence-electron chi connectivity index (χ1n) is 9.06. The van der Waals surface area contributed by atoms with Gasteiger partial charge in [-0.05, 0) is 25.0 Å². The molecule has 8 nitrogen and oxygen atoms in total. The lowest BCUT2D eigenvalue weighted by Crippen LogP contribution is -2.26. The Morgan fingerprint density at radius 1 is 1.24 bits per heavy atom. The van der Waals surface area contributed by atoms with Gasteiger partial charge in [0.1, 0.15) is 16.4 Å². The molecule has 9 heteroatoms. The van der Waals surface area contributed by atoms with Gasteiger partial charge in [0.05, 0.1) is 17.4 Å². The molecular formula is C20H22N4O4S. The van der Waals surface area contributed by atoms with Crippen LogP contribution in [0.25, 0.3) is 10.2 Å². The third-order valence-electron chi connectivity index (χ3n) is 4.70. The number of carbonyl (C=O) groups excluding carboxylic acids is 2. The summed E-state index contributed by atoms with van der Waals surface area (Å²) in [5, 5.41) is 0.381. The van der Waals surface area contributed by atoms with Crippen LogP contribution >= 0.6 is 11.3 Å². The number of benzene rings is 1. The van der Waals surface area contributed by atoms with Gasteiger partial charge in [-0.2, -0.15) is 0 Å². The number of nitrogens with two attached hydrogens (primary N) is 2. The van der Waals surface area contributed by atoms with E-state index in [2.05, 4.69) is 4.98 Å². The first-order chi connectivity index (χ1) is 13.8. The normalized spacial score (nSPS) is 11.0. The van der Waals surface area contributed by atoms with Crippen molar-refractivity contribution in [2.75, 3.05) is 7.11 Å². The number of aryl methyl sites for hydroxylation is 1. The molecule has 2 heterocycles. The SMILES string of the molecule is COc1ccccc1Cc1nc2sc(C(N)=O)c(C)c2c(=O)n1CCCC(N)=O. The van der Waals surface area contributed by atoms with E-state index >= 15 is 0 Å². The number of primary amides is 2. The third-order valence-corrected chi connectivity index (χ3v) is 5.90. The second-order valence-electron chi connectivity index (χ2n) is 6.64. The van der Waals surface area contributed by atoms with Gasteiger partial charge in [-0.25, -0.2) is 4.98 Å². The number of hydrogen-bond donors (Lipinski definition) is 2. The number of fused-ring (bicyclic) bond motifs is 1. The van der Waals surface area contributed by atoms with E-state index in [1.807, 2.05) is 24.3 Å². The fourth-order valence-electron chi connectivity index (χ4n) is 3.29. The van der Waals surface area contributed by atoms with Crippen molar-refractivity contribution in [2.24, 2.45) is 11.5 Å². The summed E-state index contributed by atoms with van der Waals surface area (Å²) in [7, 11) is 1.58. The lowest BCUT2D eigenvalue weighted by molar-refractivity contribution is -0.118. The van der Waals surface area contributed by atoms with E-state index in [9.17, 15) is 14.4 Å². The van der Waals surface area contributed by atoms with Crippen molar-refractivity contribution in [1.29, 1.82) is 0 Å². The van der Waals surface area contributed by atoms with Gasteiger partial charge in [-0.15, -0.1) is 11.3 Å². The van der Waals surface area contributed by atoms with Crippen LogP contribution in [0.15, 0.2) is 29.1 Å². The number of thiophene rings is 1. The molecule has 29 heavy (non-hydrogen) atoms. The molecule has 2 aromatic heterocycles. The molecule has 0 radical (unpaired) electrons. The average Bonchev–Trinajstić information content (AvgIpc) is 3.01. The summed E-state index contributed by atoms with van der Waals surface area (Å²) in [5.74, 6) is 0.192. The summed E-state index contributed by atoms with van der Waals surface area (Å²) < 4.78 is 6.95. The maximum absolute atomic E-state index is 13.3. The first-order valence-corrected chi connectivity index (χ1v) is 9.88. The monoisotopic (exact) mass is 414 g/mol. The lowest BCUT2D eigenvalue weighted by Gasteiger charge is -2.14. The standard InChI is InChI=1S/C20H22N4O4S/c1-11-16-19(29-17(11)18(22)26)23-15(10-12-6-3-4-7-13(12)28-2)24(20(16)27)9-5-8-14(21)25/h3-4,6-7H,5,8-10H2,1-2H3,(H2,21,25)(H2,22,26). The van der Waals surface area contributed by atoms with Crippen molar-refractivity contribution in [3.63, 3.8) is 0 Å². The summed E-state index contributed by atoms with van der Waals surface area (Å²) in [4.78, 5) is 41.6. The highest BCUT2D eigenvalue weighted by molar-refractivity contribution is 7.20. The largest absolute Gasteiger partial charge is 0.496 e. The number of hydrogen-bond acceptors (Lipinski definition) is 6. The van der Waals surface area contributed by atoms with Crippen LogP contribution in [0.3, 0.4) is 0 Å². The topological polar surface area (TPSA) is 130 Å². The zero-order valence-electron chi connectivity index (χ0n) is 16.2. The summed E-state index contributed by atoms with van der Waals surface area (Å²) in [6.45, 7) is 1.98. The maximum atomic E-state index is 13.3. The molecule has 0 aliphatic carbocycles. The van der Waals surface area contributed by atoms with Gasteiger partial charge in [0.25, 0.3) is 11.5 Å². The Bertz CT molecular complexity index is 1150. The summed E-state index contributed by atoms with van der Waals surface area (Å²) >= 11 is 1.11. The van der Waals surface area contributed by atoms with E-state index in [0.717, 1.165) is 16.9 Å². The second-order valence-corrected chi connectivity index (χ2v) is 7.64. The predicted octanol–water partition coefficient (Wildman–Crippen LogP) is 1.73. The minimum atomic E-state index is -0.587. The van der Waals surface area contributed by atoms with Crippen molar-refractivity contribution in [2.45, 2.75) is 32.7 Å². The van der Waals surface area contributed by atoms with Crippen molar-refractivity contribution in [3.8, 4) is 5.75 Å². The molecule has 4 N–H and O–H groups in total. The maximum Gasteiger partial charge on any atom is 0.262 e. The summed E-state index contributed by atoms with van der Waals surface area (Å²) in [5.41, 5.74) is 11.8. The molecule has 1 aromatic carbocycles. The molecule has 0 unspecified atom stereocenters. The van der Waals surface area contributed by atoms with Crippen molar-refractivity contribution < 1.29 is 14.3 Å². The Morgan fingerprint density at radius 3 is 2.62 bits per heavy atom. The van der Waals surface area contributed by atoms with Crippen molar-refractivity contribution in [1.82, 2.24) is 9.55 Å². The van der Waals surface area contributed by atoms with Crippen LogP contribution in [0, 0.1) is 6.92 Å². The zero-order valence-corrected chi connectivity index (χ0v) is 17.0. The van der Waals surface area contributed by atoms with Gasteiger partial charge in [0.15, 0.2) is 0 Å². The quantitative estimate of drug-likeness (QED) is 0.580. The smallest absolute Gasteiger partial charge is 0.262 e. The van der Waals surface area contributed by atoms with Gasteiger partial charge in [0, 0.05) is 24.9 Å². The van der Waals surface area contributed by atoms with Crippen LogP contribution in [0.5, 0.6) is 5.75 Å². The Balaban J connectivity index is 2.16. The summed E-state index contributed by atoms with van der Waals surface area (Å²) in [6, 6.07) is 7.48. The highest BCUT2D eigenvalue weighted by atomic mass is 32.1. The van der Waals surface area contributed by atoms with Crippen LogP contribution in [-0.2, 0) is 17.8 Å². The molecule has 152 valence electrons. The Kier molecular flexibility index (Phi) is 5.97. The van der Waals surface area contributed by atoms with Crippen molar-refractivity contribution >= 4 is 33.4 Å². The number of rotatable bonds is 8. The number of carbonyl (C=O) groups is 2. The molecule has 3 rings (SSSR count). The van der Waals surface area contributed by atoms with Gasteiger partial charge in [0.2, 0.25) is 5.91 Å². The van der Waals surface area contributed by atoms with Crippen LogP contribution in [0.2, 0.25) is 0 Å². The molecule has 0 saturated heterocycles. The average molecular weight is 414 g/mol. The lowest BCUT2D eigenvalue weighted by atomic mass is 10.1. The highest BCUT2D eigenvalue weighted by Crippen LogP contribution is 2.28.